The molecule has 0 aromatic heterocycles. The first kappa shape index (κ1) is 12.5. The Labute approximate surface area is 100 Å². The summed E-state index contributed by atoms with van der Waals surface area (Å²) in [6.07, 6.45) is 0. The number of hydrogen-bond donors (Lipinski definition) is 1. The molecule has 1 aromatic carbocycles. The predicted octanol–water partition coefficient (Wildman–Crippen LogP) is 2.76. The average molecular weight is 237 g/mol. The van der Waals surface area contributed by atoms with Crippen LogP contribution in [0.5, 0.6) is 0 Å². The quantitative estimate of drug-likeness (QED) is 0.821. The molecule has 0 saturated heterocycles. The van der Waals surface area contributed by atoms with Gasteiger partial charge in [0.25, 0.3) is 0 Å². The normalized spacial score (nSPS) is 10.6. The summed E-state index contributed by atoms with van der Waals surface area (Å²) in [6, 6.07) is 8.89. The Morgan fingerprint density at radius 1 is 1.50 bits per heavy atom. The number of amides is 1. The van der Waals surface area contributed by atoms with E-state index in [1.54, 1.807) is 38.1 Å². The Balaban J connectivity index is 2.90. The Hall–Kier alpha value is -1.53. The molecule has 0 bridgehead atoms. The Morgan fingerprint density at radius 3 is 2.69 bits per heavy atom. The molecule has 0 heterocycles. The van der Waals surface area contributed by atoms with Crippen LogP contribution in [0, 0.1) is 16.7 Å². The molecule has 0 spiro atoms. The molecular formula is C12H13ClN2O. The van der Waals surface area contributed by atoms with Crippen molar-refractivity contribution in [2.75, 3.05) is 11.2 Å². The highest BCUT2D eigenvalue weighted by atomic mass is 35.5. The molecule has 0 fully saturated rings. The fourth-order valence-corrected chi connectivity index (χ4v) is 1.16. The van der Waals surface area contributed by atoms with Crippen LogP contribution in [0.4, 0.5) is 5.69 Å². The van der Waals surface area contributed by atoms with Crippen molar-refractivity contribution in [1.82, 2.24) is 0 Å². The summed E-state index contributed by atoms with van der Waals surface area (Å²) in [5.41, 5.74) is 0.318. The summed E-state index contributed by atoms with van der Waals surface area (Å²) in [5.74, 6) is 0.0401. The van der Waals surface area contributed by atoms with Gasteiger partial charge in [0.05, 0.1) is 16.7 Å². The van der Waals surface area contributed by atoms with Crippen molar-refractivity contribution in [1.29, 1.82) is 5.26 Å². The first-order chi connectivity index (χ1) is 7.51. The van der Waals surface area contributed by atoms with Crippen molar-refractivity contribution in [3.8, 4) is 6.07 Å². The number of alkyl halides is 1. The van der Waals surface area contributed by atoms with Gasteiger partial charge in [-0.2, -0.15) is 5.26 Å². The minimum atomic E-state index is -0.649. The number of nitrogens with zero attached hydrogens (tertiary/aromatic N) is 1. The van der Waals surface area contributed by atoms with Crippen molar-refractivity contribution in [2.45, 2.75) is 13.8 Å². The van der Waals surface area contributed by atoms with Crippen molar-refractivity contribution in [3.63, 3.8) is 0 Å². The molecule has 1 rings (SSSR count). The molecule has 0 atom stereocenters. The summed E-state index contributed by atoms with van der Waals surface area (Å²) in [6.45, 7) is 3.51. The topological polar surface area (TPSA) is 52.9 Å². The van der Waals surface area contributed by atoms with Crippen molar-refractivity contribution >= 4 is 23.2 Å². The van der Waals surface area contributed by atoms with Gasteiger partial charge < -0.3 is 5.32 Å². The number of halogens is 1. The second kappa shape index (κ2) is 5.00. The summed E-state index contributed by atoms with van der Waals surface area (Å²) in [7, 11) is 0. The van der Waals surface area contributed by atoms with Gasteiger partial charge in [0.1, 0.15) is 6.07 Å². The van der Waals surface area contributed by atoms with E-state index in [-0.39, 0.29) is 11.8 Å². The molecule has 0 saturated carbocycles. The van der Waals surface area contributed by atoms with Gasteiger partial charge in [-0.25, -0.2) is 0 Å². The largest absolute Gasteiger partial charge is 0.324 e. The highest BCUT2D eigenvalue weighted by Crippen LogP contribution is 2.21. The lowest BCUT2D eigenvalue weighted by molar-refractivity contribution is -0.122. The third kappa shape index (κ3) is 2.74. The van der Waals surface area contributed by atoms with Gasteiger partial charge in [0.15, 0.2) is 0 Å². The van der Waals surface area contributed by atoms with Crippen LogP contribution >= 0.6 is 11.6 Å². The van der Waals surface area contributed by atoms with Crippen LogP contribution in [0.2, 0.25) is 0 Å². The third-order valence-corrected chi connectivity index (χ3v) is 2.91. The Bertz CT molecular complexity index is 435. The zero-order valence-corrected chi connectivity index (χ0v) is 10.0. The van der Waals surface area contributed by atoms with E-state index in [1.165, 1.54) is 0 Å². The number of rotatable bonds is 3. The molecule has 4 heteroatoms. The van der Waals surface area contributed by atoms with Gasteiger partial charge in [-0.1, -0.05) is 12.1 Å². The molecule has 0 aliphatic rings. The average Bonchev–Trinajstić information content (AvgIpc) is 2.29. The van der Waals surface area contributed by atoms with Crippen LogP contribution in [0.25, 0.3) is 0 Å². The zero-order valence-electron chi connectivity index (χ0n) is 9.25. The molecule has 0 unspecified atom stereocenters. The first-order valence-corrected chi connectivity index (χ1v) is 5.41. The number of para-hydroxylation sites is 1. The van der Waals surface area contributed by atoms with Gasteiger partial charge in [-0.3, -0.25) is 4.79 Å². The minimum absolute atomic E-state index is 0.190. The van der Waals surface area contributed by atoms with Gasteiger partial charge in [-0.15, -0.1) is 11.6 Å². The van der Waals surface area contributed by atoms with Gasteiger partial charge in [0.2, 0.25) is 5.91 Å². The Morgan fingerprint density at radius 2 is 2.12 bits per heavy atom. The van der Waals surface area contributed by atoms with Crippen LogP contribution in [0.3, 0.4) is 0 Å². The van der Waals surface area contributed by atoms with E-state index in [1.807, 2.05) is 6.07 Å². The lowest BCUT2D eigenvalue weighted by Crippen LogP contribution is -2.32. The van der Waals surface area contributed by atoms with E-state index >= 15 is 0 Å². The lowest BCUT2D eigenvalue weighted by atomic mass is 9.95. The SMILES string of the molecule is CC(C)(CCl)C(=O)Nc1ccccc1C#N. The monoisotopic (exact) mass is 236 g/mol. The molecule has 0 aliphatic carbocycles. The van der Waals surface area contributed by atoms with E-state index < -0.39 is 5.41 Å². The highest BCUT2D eigenvalue weighted by Gasteiger charge is 2.26. The molecule has 1 aromatic rings. The van der Waals surface area contributed by atoms with Crippen LogP contribution in [0.1, 0.15) is 19.4 Å². The van der Waals surface area contributed by atoms with E-state index in [4.69, 9.17) is 16.9 Å². The molecule has 1 N–H and O–H groups in total. The summed E-state index contributed by atoms with van der Waals surface area (Å²) >= 11 is 5.70. The highest BCUT2D eigenvalue weighted by molar-refractivity contribution is 6.20. The summed E-state index contributed by atoms with van der Waals surface area (Å²) < 4.78 is 0. The summed E-state index contributed by atoms with van der Waals surface area (Å²) in [4.78, 5) is 11.8. The van der Waals surface area contributed by atoms with Crippen molar-refractivity contribution in [3.05, 3.63) is 29.8 Å². The second-order valence-corrected chi connectivity index (χ2v) is 4.40. The van der Waals surface area contributed by atoms with E-state index in [0.717, 1.165) is 0 Å². The predicted molar refractivity (Wildman–Crippen MR) is 64.3 cm³/mol. The number of carbonyl (C=O) groups excluding carboxylic acids is 1. The second-order valence-electron chi connectivity index (χ2n) is 4.13. The van der Waals surface area contributed by atoms with E-state index in [2.05, 4.69) is 5.32 Å². The van der Waals surface area contributed by atoms with Gasteiger partial charge >= 0.3 is 0 Å². The number of nitrogens with one attached hydrogen (secondary N) is 1. The maximum atomic E-state index is 11.8. The number of anilines is 1. The third-order valence-electron chi connectivity index (χ3n) is 2.24. The molecule has 84 valence electrons. The van der Waals surface area contributed by atoms with Crippen LogP contribution < -0.4 is 5.32 Å². The lowest BCUT2D eigenvalue weighted by Gasteiger charge is -2.20. The van der Waals surface area contributed by atoms with Crippen LogP contribution in [0.15, 0.2) is 24.3 Å². The smallest absolute Gasteiger partial charge is 0.231 e. The van der Waals surface area contributed by atoms with Gasteiger partial charge in [-0.05, 0) is 26.0 Å². The molecule has 0 aliphatic heterocycles. The number of hydrogen-bond acceptors (Lipinski definition) is 2. The number of carbonyl (C=O) groups is 1. The van der Waals surface area contributed by atoms with Crippen LogP contribution in [-0.2, 0) is 4.79 Å². The first-order valence-electron chi connectivity index (χ1n) is 4.88. The van der Waals surface area contributed by atoms with E-state index in [0.29, 0.717) is 11.3 Å². The minimum Gasteiger partial charge on any atom is -0.324 e. The standard InChI is InChI=1S/C12H13ClN2O/c1-12(2,8-13)11(16)15-10-6-4-3-5-9(10)7-14/h3-6H,8H2,1-2H3,(H,15,16). The zero-order chi connectivity index (χ0) is 12.2. The van der Waals surface area contributed by atoms with Gasteiger partial charge in [0, 0.05) is 5.88 Å². The van der Waals surface area contributed by atoms with Crippen LogP contribution in [-0.4, -0.2) is 11.8 Å². The molecule has 3 nitrogen and oxygen atoms in total. The molecule has 16 heavy (non-hydrogen) atoms. The molecule has 1 amide bonds. The molecular weight excluding hydrogens is 224 g/mol. The van der Waals surface area contributed by atoms with E-state index in [9.17, 15) is 4.79 Å². The van der Waals surface area contributed by atoms with Crippen molar-refractivity contribution < 1.29 is 4.79 Å². The Kier molecular flexibility index (Phi) is 3.92. The maximum Gasteiger partial charge on any atom is 0.231 e. The molecule has 0 radical (unpaired) electrons. The fourth-order valence-electron chi connectivity index (χ4n) is 1.04. The van der Waals surface area contributed by atoms with Crippen molar-refractivity contribution in [2.24, 2.45) is 5.41 Å². The number of benzene rings is 1. The fraction of sp³-hybridized carbons (Fsp3) is 0.333. The summed E-state index contributed by atoms with van der Waals surface area (Å²) in [5, 5.41) is 11.6. The number of nitriles is 1. The maximum absolute atomic E-state index is 11.8.